The number of morpholine rings is 1. The highest BCUT2D eigenvalue weighted by molar-refractivity contribution is 5.93. The third kappa shape index (κ3) is 4.04. The maximum absolute atomic E-state index is 13.7. The first kappa shape index (κ1) is 19.8. The quantitative estimate of drug-likeness (QED) is 0.825. The normalized spacial score (nSPS) is 26.1. The van der Waals surface area contributed by atoms with Crippen molar-refractivity contribution in [1.82, 2.24) is 14.4 Å². The van der Waals surface area contributed by atoms with Crippen LogP contribution in [0.2, 0.25) is 0 Å². The minimum atomic E-state index is -0.188. The number of benzene rings is 1. The lowest BCUT2D eigenvalue weighted by Crippen LogP contribution is -2.53. The van der Waals surface area contributed by atoms with Gasteiger partial charge in [-0.3, -0.25) is 4.79 Å². The molecule has 2 saturated heterocycles. The molecule has 2 aliphatic heterocycles. The summed E-state index contributed by atoms with van der Waals surface area (Å²) in [5.41, 5.74) is 1.91. The summed E-state index contributed by atoms with van der Waals surface area (Å²) < 4.78 is 8.41. The fourth-order valence-electron chi connectivity index (χ4n) is 4.91. The Bertz CT molecular complexity index is 856. The maximum atomic E-state index is 13.7. The van der Waals surface area contributed by atoms with E-state index in [1.165, 1.54) is 0 Å². The third-order valence-corrected chi connectivity index (χ3v) is 6.69. The van der Waals surface area contributed by atoms with Crippen molar-refractivity contribution in [1.29, 1.82) is 0 Å². The highest BCUT2D eigenvalue weighted by atomic mass is 16.5. The van der Waals surface area contributed by atoms with Gasteiger partial charge in [0.05, 0.1) is 24.9 Å². The minimum absolute atomic E-state index is 0.0790. The second-order valence-corrected chi connectivity index (χ2v) is 8.83. The molecule has 2 atom stereocenters. The number of piperidine rings is 1. The highest BCUT2D eigenvalue weighted by Crippen LogP contribution is 2.38. The second-order valence-electron chi connectivity index (χ2n) is 8.83. The number of carbonyl (C=O) groups is 1. The van der Waals surface area contributed by atoms with Crippen LogP contribution in [0.3, 0.4) is 0 Å². The van der Waals surface area contributed by atoms with Crippen molar-refractivity contribution in [2.75, 3.05) is 32.8 Å². The van der Waals surface area contributed by atoms with Crippen LogP contribution in [-0.4, -0.2) is 70.4 Å². The van der Waals surface area contributed by atoms with E-state index in [0.717, 1.165) is 56.6 Å². The van der Waals surface area contributed by atoms with E-state index in [-0.39, 0.29) is 24.2 Å². The molecule has 0 radical (unpaired) electrons. The lowest BCUT2D eigenvalue weighted by Gasteiger charge is -2.44. The van der Waals surface area contributed by atoms with E-state index >= 15 is 0 Å². The summed E-state index contributed by atoms with van der Waals surface area (Å²) in [6.45, 7) is 3.69. The Morgan fingerprint density at radius 3 is 2.50 bits per heavy atom. The summed E-state index contributed by atoms with van der Waals surface area (Å²) in [7, 11) is 0. The Morgan fingerprint density at radius 1 is 1.00 bits per heavy atom. The van der Waals surface area contributed by atoms with Crippen molar-refractivity contribution in [2.24, 2.45) is 0 Å². The zero-order valence-electron chi connectivity index (χ0n) is 17.4. The van der Waals surface area contributed by atoms with Gasteiger partial charge in [-0.25, -0.2) is 0 Å². The molecule has 30 heavy (non-hydrogen) atoms. The van der Waals surface area contributed by atoms with Gasteiger partial charge in [0.1, 0.15) is 5.69 Å². The van der Waals surface area contributed by atoms with E-state index in [9.17, 15) is 9.90 Å². The average molecular weight is 410 g/mol. The van der Waals surface area contributed by atoms with Gasteiger partial charge in [0, 0.05) is 38.4 Å². The molecule has 0 bridgehead atoms. The fraction of sp³-hybridized carbons (Fsp3) is 0.542. The van der Waals surface area contributed by atoms with Gasteiger partial charge in [0.2, 0.25) is 0 Å². The van der Waals surface area contributed by atoms with Crippen LogP contribution in [0.1, 0.15) is 53.8 Å². The number of hydrogen-bond acceptors (Lipinski definition) is 4. The molecule has 1 saturated carbocycles. The third-order valence-electron chi connectivity index (χ3n) is 6.69. The SMILES string of the molecule is O=C(c1cccn1C1CC1)N1CCO[C@@H](CN2CCC(O)CC2)[C@@H]1c1ccccc1. The van der Waals surface area contributed by atoms with E-state index in [4.69, 9.17) is 4.74 Å². The Balaban J connectivity index is 1.41. The Labute approximate surface area is 178 Å². The molecule has 3 heterocycles. The lowest BCUT2D eigenvalue weighted by atomic mass is 9.96. The van der Waals surface area contributed by atoms with Crippen LogP contribution in [0.5, 0.6) is 0 Å². The molecule has 6 nitrogen and oxygen atoms in total. The molecule has 1 N–H and O–H groups in total. The number of hydrogen-bond donors (Lipinski definition) is 1. The monoisotopic (exact) mass is 409 g/mol. The molecular formula is C24H31N3O3. The van der Waals surface area contributed by atoms with Gasteiger partial charge in [0.25, 0.3) is 5.91 Å². The summed E-state index contributed by atoms with van der Waals surface area (Å²) >= 11 is 0. The fourth-order valence-corrected chi connectivity index (χ4v) is 4.91. The van der Waals surface area contributed by atoms with Gasteiger partial charge in [-0.2, -0.15) is 0 Å². The van der Waals surface area contributed by atoms with Crippen molar-refractivity contribution in [2.45, 2.75) is 50.0 Å². The summed E-state index contributed by atoms with van der Waals surface area (Å²) in [6.07, 6.45) is 5.70. The number of rotatable bonds is 5. The van der Waals surface area contributed by atoms with E-state index in [0.29, 0.717) is 19.2 Å². The number of nitrogens with zero attached hydrogens (tertiary/aromatic N) is 3. The van der Waals surface area contributed by atoms with E-state index in [1.54, 1.807) is 0 Å². The molecule has 3 fully saturated rings. The molecule has 5 rings (SSSR count). The first-order chi connectivity index (χ1) is 14.7. The Hall–Kier alpha value is -2.15. The number of aliphatic hydroxyl groups is 1. The van der Waals surface area contributed by atoms with Crippen molar-refractivity contribution >= 4 is 5.91 Å². The first-order valence-electron chi connectivity index (χ1n) is 11.3. The molecule has 1 aromatic heterocycles. The van der Waals surface area contributed by atoms with Crippen LogP contribution < -0.4 is 0 Å². The highest BCUT2D eigenvalue weighted by Gasteiger charge is 2.39. The van der Waals surface area contributed by atoms with E-state index in [2.05, 4.69) is 21.6 Å². The zero-order valence-corrected chi connectivity index (χ0v) is 17.4. The number of likely N-dealkylation sites (tertiary alicyclic amines) is 1. The van der Waals surface area contributed by atoms with Gasteiger partial charge < -0.3 is 24.2 Å². The Morgan fingerprint density at radius 2 is 1.77 bits per heavy atom. The van der Waals surface area contributed by atoms with Gasteiger partial charge in [-0.15, -0.1) is 0 Å². The Kier molecular flexibility index (Phi) is 5.63. The number of aromatic nitrogens is 1. The number of amides is 1. The maximum Gasteiger partial charge on any atom is 0.271 e. The molecule has 0 unspecified atom stereocenters. The van der Waals surface area contributed by atoms with Crippen LogP contribution in [-0.2, 0) is 4.74 Å². The average Bonchev–Trinajstić information content (AvgIpc) is 3.51. The van der Waals surface area contributed by atoms with E-state index < -0.39 is 0 Å². The minimum Gasteiger partial charge on any atom is -0.393 e. The second kappa shape index (κ2) is 8.53. The summed E-state index contributed by atoms with van der Waals surface area (Å²) in [6, 6.07) is 14.6. The summed E-state index contributed by atoms with van der Waals surface area (Å²) in [5.74, 6) is 0.100. The van der Waals surface area contributed by atoms with Crippen molar-refractivity contribution in [3.05, 3.63) is 59.9 Å². The van der Waals surface area contributed by atoms with Crippen molar-refractivity contribution in [3.8, 4) is 0 Å². The number of ether oxygens (including phenoxy) is 1. The largest absolute Gasteiger partial charge is 0.393 e. The lowest BCUT2D eigenvalue weighted by molar-refractivity contribution is -0.0772. The van der Waals surface area contributed by atoms with Gasteiger partial charge in [-0.1, -0.05) is 30.3 Å². The molecule has 6 heteroatoms. The first-order valence-corrected chi connectivity index (χ1v) is 11.3. The van der Waals surface area contributed by atoms with Crippen LogP contribution >= 0.6 is 0 Å². The van der Waals surface area contributed by atoms with Crippen molar-refractivity contribution in [3.63, 3.8) is 0 Å². The van der Waals surface area contributed by atoms with Crippen molar-refractivity contribution < 1.29 is 14.6 Å². The van der Waals surface area contributed by atoms with Gasteiger partial charge in [-0.05, 0) is 43.4 Å². The van der Waals surface area contributed by atoms with Crippen LogP contribution in [0, 0.1) is 0 Å². The number of carbonyl (C=O) groups excluding carboxylic acids is 1. The van der Waals surface area contributed by atoms with Gasteiger partial charge in [0.15, 0.2) is 0 Å². The molecule has 1 aliphatic carbocycles. The predicted molar refractivity (Wildman–Crippen MR) is 114 cm³/mol. The smallest absolute Gasteiger partial charge is 0.271 e. The summed E-state index contributed by atoms with van der Waals surface area (Å²) in [5, 5.41) is 9.85. The van der Waals surface area contributed by atoms with Crippen LogP contribution in [0.4, 0.5) is 0 Å². The molecule has 2 aromatic rings. The standard InChI is InChI=1S/C24H31N3O3/c28-20-10-13-25(14-11-20)17-22-23(18-5-2-1-3-6-18)27(15-16-30-22)24(29)21-7-4-12-26(21)19-8-9-19/h1-7,12,19-20,22-23,28H,8-11,13-17H2/t22-,23-/m0/s1. The summed E-state index contributed by atoms with van der Waals surface area (Å²) in [4.78, 5) is 18.1. The molecular weight excluding hydrogens is 378 g/mol. The molecule has 3 aliphatic rings. The van der Waals surface area contributed by atoms with Gasteiger partial charge >= 0.3 is 0 Å². The predicted octanol–water partition coefficient (Wildman–Crippen LogP) is 2.86. The molecule has 0 spiro atoms. The van der Waals surface area contributed by atoms with Crippen LogP contribution in [0.25, 0.3) is 0 Å². The zero-order chi connectivity index (χ0) is 20.5. The molecule has 1 aromatic carbocycles. The number of aliphatic hydroxyl groups excluding tert-OH is 1. The molecule has 160 valence electrons. The molecule has 1 amide bonds. The topological polar surface area (TPSA) is 57.9 Å². The van der Waals surface area contributed by atoms with E-state index in [1.807, 2.05) is 41.4 Å². The van der Waals surface area contributed by atoms with Crippen LogP contribution in [0.15, 0.2) is 48.7 Å².